The summed E-state index contributed by atoms with van der Waals surface area (Å²) >= 11 is 0. The predicted molar refractivity (Wildman–Crippen MR) is 32.7 cm³/mol. The van der Waals surface area contributed by atoms with Crippen LogP contribution in [0.2, 0.25) is 0 Å². The highest BCUT2D eigenvalue weighted by Gasteiger charge is 2.42. The van der Waals surface area contributed by atoms with Crippen molar-refractivity contribution in [2.75, 3.05) is 0 Å². The number of aliphatic hydroxyl groups excluding tert-OH is 1. The zero-order valence-electron chi connectivity index (χ0n) is 6.09. The van der Waals surface area contributed by atoms with Crippen LogP contribution in [-0.2, 0) is 0 Å². The van der Waals surface area contributed by atoms with E-state index in [-0.39, 0.29) is 0 Å². The van der Waals surface area contributed by atoms with Crippen LogP contribution in [0.1, 0.15) is 6.92 Å². The minimum Gasteiger partial charge on any atom is -0.465 e. The standard InChI is InChI=1S/C5H8F3NO3/c1-2(9-4(11)12)3(10)5(6,7)8/h2-3,9-10H,1H3,(H,11,12). The lowest BCUT2D eigenvalue weighted by atomic mass is 10.2. The molecule has 0 aliphatic rings. The lowest BCUT2D eigenvalue weighted by Crippen LogP contribution is -2.47. The fourth-order valence-electron chi connectivity index (χ4n) is 0.557. The predicted octanol–water partition coefficient (Wildman–Crippen LogP) is 0.566. The molecule has 0 saturated heterocycles. The first-order valence-corrected chi connectivity index (χ1v) is 2.99. The van der Waals surface area contributed by atoms with Gasteiger partial charge in [0.15, 0.2) is 6.10 Å². The largest absolute Gasteiger partial charge is 0.465 e. The number of rotatable bonds is 2. The summed E-state index contributed by atoms with van der Waals surface area (Å²) in [6.45, 7) is 0.923. The molecule has 72 valence electrons. The van der Waals surface area contributed by atoms with Crippen LogP contribution in [0.4, 0.5) is 18.0 Å². The van der Waals surface area contributed by atoms with E-state index in [1.807, 2.05) is 0 Å². The van der Waals surface area contributed by atoms with E-state index in [0.717, 1.165) is 6.92 Å². The molecule has 2 unspecified atom stereocenters. The highest BCUT2D eigenvalue weighted by atomic mass is 19.4. The van der Waals surface area contributed by atoms with E-state index < -0.39 is 24.4 Å². The van der Waals surface area contributed by atoms with E-state index in [4.69, 9.17) is 10.2 Å². The Morgan fingerprint density at radius 3 is 2.17 bits per heavy atom. The Morgan fingerprint density at radius 1 is 1.50 bits per heavy atom. The van der Waals surface area contributed by atoms with Gasteiger partial charge in [-0.1, -0.05) is 0 Å². The zero-order valence-corrected chi connectivity index (χ0v) is 6.09. The molecule has 0 heterocycles. The topological polar surface area (TPSA) is 69.6 Å². The molecule has 0 saturated carbocycles. The van der Waals surface area contributed by atoms with Crippen molar-refractivity contribution >= 4 is 6.09 Å². The summed E-state index contributed by atoms with van der Waals surface area (Å²) in [4.78, 5) is 9.85. The van der Waals surface area contributed by atoms with Gasteiger partial charge in [-0.25, -0.2) is 4.79 Å². The Morgan fingerprint density at radius 2 is 1.92 bits per heavy atom. The number of alkyl halides is 3. The number of amides is 1. The summed E-state index contributed by atoms with van der Waals surface area (Å²) in [5.74, 6) is 0. The van der Waals surface area contributed by atoms with Gasteiger partial charge in [0.2, 0.25) is 0 Å². The Labute approximate surface area is 66.0 Å². The van der Waals surface area contributed by atoms with Crippen LogP contribution in [-0.4, -0.2) is 34.6 Å². The molecule has 0 aliphatic heterocycles. The maximum absolute atomic E-state index is 11.7. The van der Waals surface area contributed by atoms with Gasteiger partial charge in [-0.2, -0.15) is 13.2 Å². The second-order valence-corrected chi connectivity index (χ2v) is 2.22. The quantitative estimate of drug-likeness (QED) is 0.591. The SMILES string of the molecule is CC(NC(=O)O)C(O)C(F)(F)F. The molecule has 0 fully saturated rings. The lowest BCUT2D eigenvalue weighted by molar-refractivity contribution is -0.210. The molecular weight excluding hydrogens is 179 g/mol. The zero-order chi connectivity index (χ0) is 9.94. The number of hydrogen-bond donors (Lipinski definition) is 3. The molecule has 1 amide bonds. The van der Waals surface area contributed by atoms with Crippen molar-refractivity contribution in [3.05, 3.63) is 0 Å². The molecular formula is C5H8F3NO3. The number of nitrogens with one attached hydrogen (secondary N) is 1. The molecule has 0 radical (unpaired) electrons. The molecule has 0 aromatic carbocycles. The van der Waals surface area contributed by atoms with Gasteiger partial charge >= 0.3 is 12.3 Å². The van der Waals surface area contributed by atoms with Crippen LogP contribution in [0.15, 0.2) is 0 Å². The molecule has 0 bridgehead atoms. The minimum atomic E-state index is -4.80. The van der Waals surface area contributed by atoms with Crippen molar-refractivity contribution in [3.8, 4) is 0 Å². The van der Waals surface area contributed by atoms with Gasteiger partial charge in [0.05, 0.1) is 6.04 Å². The van der Waals surface area contributed by atoms with Crippen LogP contribution in [0, 0.1) is 0 Å². The molecule has 0 rings (SSSR count). The first-order chi connectivity index (χ1) is 5.25. The molecule has 2 atom stereocenters. The Hall–Kier alpha value is -0.980. The van der Waals surface area contributed by atoms with E-state index in [0.29, 0.717) is 0 Å². The van der Waals surface area contributed by atoms with Gasteiger partial charge in [0.25, 0.3) is 0 Å². The van der Waals surface area contributed by atoms with Crippen molar-refractivity contribution in [2.24, 2.45) is 0 Å². The maximum atomic E-state index is 11.7. The van der Waals surface area contributed by atoms with Crippen molar-refractivity contribution in [1.29, 1.82) is 0 Å². The second-order valence-electron chi connectivity index (χ2n) is 2.22. The van der Waals surface area contributed by atoms with Crippen molar-refractivity contribution in [2.45, 2.75) is 25.2 Å². The average Bonchev–Trinajstić information content (AvgIpc) is 1.82. The summed E-state index contributed by atoms with van der Waals surface area (Å²) in [6, 6.07) is -1.57. The van der Waals surface area contributed by atoms with Crippen molar-refractivity contribution in [3.63, 3.8) is 0 Å². The molecule has 0 aromatic heterocycles. The molecule has 0 spiro atoms. The van der Waals surface area contributed by atoms with Gasteiger partial charge in [-0.3, -0.25) is 0 Å². The van der Waals surface area contributed by atoms with Crippen molar-refractivity contribution in [1.82, 2.24) is 5.32 Å². The van der Waals surface area contributed by atoms with Gasteiger partial charge < -0.3 is 15.5 Å². The Balaban J connectivity index is 4.10. The van der Waals surface area contributed by atoms with Gasteiger partial charge in [0, 0.05) is 0 Å². The van der Waals surface area contributed by atoms with E-state index >= 15 is 0 Å². The third-order valence-electron chi connectivity index (χ3n) is 1.16. The monoisotopic (exact) mass is 187 g/mol. The number of carboxylic acid groups (broad SMARTS) is 1. The molecule has 12 heavy (non-hydrogen) atoms. The van der Waals surface area contributed by atoms with Gasteiger partial charge in [0.1, 0.15) is 0 Å². The lowest BCUT2D eigenvalue weighted by Gasteiger charge is -2.20. The Bertz CT molecular complexity index is 170. The normalized spacial score (nSPS) is 16.8. The van der Waals surface area contributed by atoms with E-state index in [1.165, 1.54) is 5.32 Å². The highest BCUT2D eigenvalue weighted by Crippen LogP contribution is 2.22. The van der Waals surface area contributed by atoms with E-state index in [2.05, 4.69) is 0 Å². The van der Waals surface area contributed by atoms with Gasteiger partial charge in [-0.05, 0) is 6.92 Å². The number of carbonyl (C=O) groups is 1. The maximum Gasteiger partial charge on any atom is 0.416 e. The van der Waals surface area contributed by atoms with Gasteiger partial charge in [-0.15, -0.1) is 0 Å². The first-order valence-electron chi connectivity index (χ1n) is 2.99. The number of aliphatic hydroxyl groups is 1. The van der Waals surface area contributed by atoms with Crippen LogP contribution < -0.4 is 5.32 Å². The second kappa shape index (κ2) is 3.61. The molecule has 0 aliphatic carbocycles. The van der Waals surface area contributed by atoms with Crippen LogP contribution >= 0.6 is 0 Å². The average molecular weight is 187 g/mol. The summed E-state index contributed by atoms with van der Waals surface area (Å²) < 4.78 is 35.0. The summed E-state index contributed by atoms with van der Waals surface area (Å²) in [7, 11) is 0. The third kappa shape index (κ3) is 3.42. The minimum absolute atomic E-state index is 0.923. The summed E-state index contributed by atoms with van der Waals surface area (Å²) in [5, 5.41) is 18.0. The molecule has 7 heteroatoms. The summed E-state index contributed by atoms with van der Waals surface area (Å²) in [5.41, 5.74) is 0. The fraction of sp³-hybridized carbons (Fsp3) is 0.800. The summed E-state index contributed by atoms with van der Waals surface area (Å²) in [6.07, 6.45) is -9.08. The third-order valence-corrected chi connectivity index (χ3v) is 1.16. The smallest absolute Gasteiger partial charge is 0.416 e. The Kier molecular flexibility index (Phi) is 3.32. The molecule has 0 aromatic rings. The van der Waals surface area contributed by atoms with E-state index in [9.17, 15) is 18.0 Å². The molecule has 3 N–H and O–H groups in total. The van der Waals surface area contributed by atoms with Crippen LogP contribution in [0.25, 0.3) is 0 Å². The number of hydrogen-bond acceptors (Lipinski definition) is 2. The van der Waals surface area contributed by atoms with E-state index in [1.54, 1.807) is 0 Å². The fourth-order valence-corrected chi connectivity index (χ4v) is 0.557. The van der Waals surface area contributed by atoms with Crippen LogP contribution in [0.5, 0.6) is 0 Å². The first kappa shape index (κ1) is 11.0. The van der Waals surface area contributed by atoms with Crippen LogP contribution in [0.3, 0.4) is 0 Å². The highest BCUT2D eigenvalue weighted by molar-refractivity contribution is 5.64. The van der Waals surface area contributed by atoms with Crippen molar-refractivity contribution < 1.29 is 28.2 Å². The number of halogens is 3. The molecule has 4 nitrogen and oxygen atoms in total.